The van der Waals surface area contributed by atoms with Crippen LogP contribution in [0.15, 0.2) is 23.4 Å². The summed E-state index contributed by atoms with van der Waals surface area (Å²) in [4.78, 5) is 7.01. The number of methoxy groups -OCH3 is 1. The largest absolute Gasteiger partial charge is 0.481 e. The Hall–Kier alpha value is -1.38. The third-order valence-electron chi connectivity index (χ3n) is 1.83. The normalized spacial score (nSPS) is 11.3. The van der Waals surface area contributed by atoms with Crippen molar-refractivity contribution in [3.63, 3.8) is 0 Å². The molecule has 1 aromatic heterocycles. The molecule has 19 heavy (non-hydrogen) atoms. The zero-order valence-corrected chi connectivity index (χ0v) is 10.5. The van der Waals surface area contributed by atoms with Crippen LogP contribution in [0.5, 0.6) is 5.88 Å². The number of rotatable bonds is 5. The number of thioether (sulfide) groups is 1. The second-order valence-electron chi connectivity index (χ2n) is 3.21. The van der Waals surface area contributed by atoms with E-state index in [0.29, 0.717) is 12.1 Å². The highest BCUT2D eigenvalue weighted by atomic mass is 32.2. The number of hydrogen-bond donors (Lipinski definition) is 0. The van der Waals surface area contributed by atoms with Gasteiger partial charge in [-0.15, -0.1) is 0 Å². The van der Waals surface area contributed by atoms with Crippen LogP contribution in [-0.2, 0) is 6.18 Å². The minimum absolute atomic E-state index is 0.00885. The van der Waals surface area contributed by atoms with Gasteiger partial charge in [-0.25, -0.2) is 4.98 Å². The summed E-state index contributed by atoms with van der Waals surface area (Å²) in [5.74, 6) is -0.0843. The summed E-state index contributed by atoms with van der Waals surface area (Å²) in [6.45, 7) is 0. The minimum Gasteiger partial charge on any atom is -0.481 e. The molecule has 0 atom stereocenters. The fraction of sp³-hybridized carbons (Fsp3) is 0.400. The molecule has 0 aliphatic rings. The number of aromatic nitrogens is 2. The van der Waals surface area contributed by atoms with E-state index < -0.39 is 18.0 Å². The third-order valence-corrected chi connectivity index (χ3v) is 2.71. The Kier molecular flexibility index (Phi) is 5.52. The lowest BCUT2D eigenvalue weighted by Gasteiger charge is -2.09. The van der Waals surface area contributed by atoms with Crippen molar-refractivity contribution in [3.05, 3.63) is 23.9 Å². The average molecular weight is 300 g/mol. The number of hydrogen-bond acceptors (Lipinski definition) is 4. The van der Waals surface area contributed by atoms with Crippen LogP contribution >= 0.6 is 11.8 Å². The fourth-order valence-electron chi connectivity index (χ4n) is 1.04. The summed E-state index contributed by atoms with van der Waals surface area (Å²) in [6, 6.07) is 0.672. The SMILES string of the molecule is COc1cc(C(F)(F)F)nc(SCCC=C(F)F)n1. The van der Waals surface area contributed by atoms with Crippen molar-refractivity contribution in [1.29, 1.82) is 0 Å². The molecular weight excluding hydrogens is 291 g/mol. The van der Waals surface area contributed by atoms with Crippen LogP contribution in [0.1, 0.15) is 12.1 Å². The maximum absolute atomic E-state index is 12.5. The highest BCUT2D eigenvalue weighted by Crippen LogP contribution is 2.31. The molecular formula is C10H9F5N2OS. The molecule has 0 bridgehead atoms. The van der Waals surface area contributed by atoms with E-state index in [1.165, 1.54) is 7.11 Å². The van der Waals surface area contributed by atoms with E-state index in [1.54, 1.807) is 0 Å². The smallest absolute Gasteiger partial charge is 0.433 e. The van der Waals surface area contributed by atoms with Crippen LogP contribution in [0, 0.1) is 0 Å². The quantitative estimate of drug-likeness (QED) is 0.359. The van der Waals surface area contributed by atoms with Gasteiger partial charge in [0.25, 0.3) is 6.08 Å². The van der Waals surface area contributed by atoms with Gasteiger partial charge in [-0.1, -0.05) is 11.8 Å². The molecule has 1 heterocycles. The van der Waals surface area contributed by atoms with Crippen LogP contribution < -0.4 is 4.74 Å². The van der Waals surface area contributed by atoms with E-state index >= 15 is 0 Å². The van der Waals surface area contributed by atoms with Crippen molar-refractivity contribution in [1.82, 2.24) is 9.97 Å². The maximum atomic E-state index is 12.5. The maximum Gasteiger partial charge on any atom is 0.433 e. The number of ether oxygens (including phenoxy) is 1. The number of alkyl halides is 3. The molecule has 1 rings (SSSR count). The Bertz CT molecular complexity index is 460. The molecule has 0 aliphatic heterocycles. The third kappa shape index (κ3) is 5.41. The summed E-state index contributed by atoms with van der Waals surface area (Å²) in [5, 5.41) is -0.167. The molecule has 3 nitrogen and oxygen atoms in total. The molecule has 0 spiro atoms. The Labute approximate surface area is 109 Å². The first-order valence-electron chi connectivity index (χ1n) is 4.97. The van der Waals surface area contributed by atoms with Gasteiger partial charge in [0.2, 0.25) is 5.88 Å². The van der Waals surface area contributed by atoms with E-state index in [-0.39, 0.29) is 23.2 Å². The van der Waals surface area contributed by atoms with Gasteiger partial charge < -0.3 is 4.74 Å². The van der Waals surface area contributed by atoms with Gasteiger partial charge in [0, 0.05) is 11.8 Å². The lowest BCUT2D eigenvalue weighted by molar-refractivity contribution is -0.141. The molecule has 0 fully saturated rings. The van der Waals surface area contributed by atoms with E-state index in [0.717, 1.165) is 11.8 Å². The first-order chi connectivity index (χ1) is 8.82. The van der Waals surface area contributed by atoms with Crippen LogP contribution in [-0.4, -0.2) is 22.8 Å². The molecule has 0 N–H and O–H groups in total. The van der Waals surface area contributed by atoms with E-state index in [4.69, 9.17) is 0 Å². The molecule has 0 saturated heterocycles. The second kappa shape index (κ2) is 6.69. The lowest BCUT2D eigenvalue weighted by atomic mass is 10.4. The standard InChI is InChI=1S/C10H9F5N2OS/c1-18-8-5-6(10(13,14)15)16-9(17-8)19-4-2-3-7(11)12/h3,5H,2,4H2,1H3. The molecule has 1 aromatic rings. The molecule has 0 amide bonds. The Morgan fingerprint density at radius 1 is 1.37 bits per heavy atom. The van der Waals surface area contributed by atoms with Crippen LogP contribution in [0.2, 0.25) is 0 Å². The zero-order chi connectivity index (χ0) is 14.5. The van der Waals surface area contributed by atoms with Crippen LogP contribution in [0.4, 0.5) is 22.0 Å². The van der Waals surface area contributed by atoms with Gasteiger partial charge in [0.15, 0.2) is 10.9 Å². The molecule has 0 saturated carbocycles. The van der Waals surface area contributed by atoms with Gasteiger partial charge in [0.05, 0.1) is 7.11 Å². The van der Waals surface area contributed by atoms with Gasteiger partial charge in [-0.05, 0) is 12.5 Å². The van der Waals surface area contributed by atoms with Crippen molar-refractivity contribution in [3.8, 4) is 5.88 Å². The van der Waals surface area contributed by atoms with E-state index in [2.05, 4.69) is 14.7 Å². The Morgan fingerprint density at radius 3 is 2.58 bits per heavy atom. The Balaban J connectivity index is 2.80. The highest BCUT2D eigenvalue weighted by Gasteiger charge is 2.33. The van der Waals surface area contributed by atoms with Crippen molar-refractivity contribution < 1.29 is 26.7 Å². The first kappa shape index (κ1) is 15.7. The summed E-state index contributed by atoms with van der Waals surface area (Å²) in [6.07, 6.45) is -5.76. The zero-order valence-electron chi connectivity index (χ0n) is 9.67. The summed E-state index contributed by atoms with van der Waals surface area (Å²) in [5.41, 5.74) is -1.13. The molecule has 0 radical (unpaired) electrons. The summed E-state index contributed by atoms with van der Waals surface area (Å²) < 4.78 is 65.7. The van der Waals surface area contributed by atoms with Crippen molar-refractivity contribution >= 4 is 11.8 Å². The van der Waals surface area contributed by atoms with Gasteiger partial charge >= 0.3 is 6.18 Å². The van der Waals surface area contributed by atoms with E-state index in [9.17, 15) is 22.0 Å². The van der Waals surface area contributed by atoms with Crippen molar-refractivity contribution in [2.75, 3.05) is 12.9 Å². The predicted octanol–water partition coefficient (Wildman–Crippen LogP) is 3.77. The number of nitrogens with zero attached hydrogens (tertiary/aromatic N) is 2. The second-order valence-corrected chi connectivity index (χ2v) is 4.27. The summed E-state index contributed by atoms with van der Waals surface area (Å²) in [7, 11) is 1.18. The molecule has 9 heteroatoms. The molecule has 0 aromatic carbocycles. The van der Waals surface area contributed by atoms with Crippen molar-refractivity contribution in [2.24, 2.45) is 0 Å². The minimum atomic E-state index is -4.61. The Morgan fingerprint density at radius 2 is 2.05 bits per heavy atom. The topological polar surface area (TPSA) is 35.0 Å². The van der Waals surface area contributed by atoms with Crippen molar-refractivity contribution in [2.45, 2.75) is 17.8 Å². The molecule has 0 unspecified atom stereocenters. The average Bonchev–Trinajstić information content (AvgIpc) is 2.33. The lowest BCUT2D eigenvalue weighted by Crippen LogP contribution is -2.10. The molecule has 0 aliphatic carbocycles. The van der Waals surface area contributed by atoms with Gasteiger partial charge in [-0.3, -0.25) is 0 Å². The highest BCUT2D eigenvalue weighted by molar-refractivity contribution is 7.99. The number of allylic oxidation sites excluding steroid dienone is 1. The molecule has 106 valence electrons. The predicted molar refractivity (Wildman–Crippen MR) is 59.2 cm³/mol. The fourth-order valence-corrected chi connectivity index (χ4v) is 1.77. The number of halogens is 5. The van der Waals surface area contributed by atoms with Crippen LogP contribution in [0.3, 0.4) is 0 Å². The monoisotopic (exact) mass is 300 g/mol. The van der Waals surface area contributed by atoms with Gasteiger partial charge in [-0.2, -0.15) is 26.9 Å². The first-order valence-corrected chi connectivity index (χ1v) is 5.95. The summed E-state index contributed by atoms with van der Waals surface area (Å²) >= 11 is 0.842. The van der Waals surface area contributed by atoms with Crippen LogP contribution in [0.25, 0.3) is 0 Å². The van der Waals surface area contributed by atoms with Gasteiger partial charge in [0.1, 0.15) is 0 Å². The van der Waals surface area contributed by atoms with E-state index in [1.807, 2.05) is 0 Å².